The predicted molar refractivity (Wildman–Crippen MR) is 93.9 cm³/mol. The summed E-state index contributed by atoms with van der Waals surface area (Å²) < 4.78 is 20.6. The van der Waals surface area contributed by atoms with E-state index in [-0.39, 0.29) is 30.4 Å². The molecule has 27 heavy (non-hydrogen) atoms. The molecular formula is C19H19NO7. The molecule has 1 amide bonds. The van der Waals surface area contributed by atoms with Crippen molar-refractivity contribution in [3.63, 3.8) is 0 Å². The Morgan fingerprint density at radius 2 is 2.00 bits per heavy atom. The van der Waals surface area contributed by atoms with Crippen molar-refractivity contribution in [1.82, 2.24) is 5.32 Å². The monoisotopic (exact) mass is 373 g/mol. The summed E-state index contributed by atoms with van der Waals surface area (Å²) in [6.45, 7) is 1.86. The van der Waals surface area contributed by atoms with Gasteiger partial charge in [-0.25, -0.2) is 4.79 Å². The van der Waals surface area contributed by atoms with Gasteiger partial charge in [-0.05, 0) is 36.8 Å². The van der Waals surface area contributed by atoms with E-state index in [1.165, 1.54) is 26.2 Å². The third-order valence-corrected chi connectivity index (χ3v) is 4.00. The second-order valence-corrected chi connectivity index (χ2v) is 5.81. The number of aromatic hydroxyl groups is 1. The van der Waals surface area contributed by atoms with Crippen LogP contribution in [0.25, 0.3) is 0 Å². The summed E-state index contributed by atoms with van der Waals surface area (Å²) in [4.78, 5) is 24.4. The van der Waals surface area contributed by atoms with Crippen LogP contribution in [0.5, 0.6) is 23.0 Å². The molecule has 0 unspecified atom stereocenters. The quantitative estimate of drug-likeness (QED) is 0.747. The second kappa shape index (κ2) is 7.86. The summed E-state index contributed by atoms with van der Waals surface area (Å²) in [6.07, 6.45) is -1.04. The minimum atomic E-state index is -1.04. The summed E-state index contributed by atoms with van der Waals surface area (Å²) in [7, 11) is 1.37. The van der Waals surface area contributed by atoms with E-state index in [9.17, 15) is 14.7 Å². The van der Waals surface area contributed by atoms with Crippen LogP contribution in [0.2, 0.25) is 0 Å². The number of nitrogens with one attached hydrogen (secondary N) is 1. The number of benzene rings is 2. The van der Waals surface area contributed by atoms with Crippen LogP contribution in [0.3, 0.4) is 0 Å². The van der Waals surface area contributed by atoms with Gasteiger partial charge >= 0.3 is 5.97 Å². The molecule has 1 heterocycles. The molecule has 2 aromatic rings. The standard InChI is InChI=1S/C19H19NO7/c1-11(27-19(23)13-4-3-5-15(24-2)17(13)21)18(22)20-9-12-6-7-14-16(8-12)26-10-25-14/h3-8,11,21H,9-10H2,1-2H3,(H,20,22)/t11-/m1/s1. The highest BCUT2D eigenvalue weighted by molar-refractivity contribution is 5.95. The molecule has 2 aromatic carbocycles. The number of phenolic OH excluding ortho intramolecular Hbond substituents is 1. The molecule has 142 valence electrons. The van der Waals surface area contributed by atoms with Crippen molar-refractivity contribution in [2.45, 2.75) is 19.6 Å². The molecule has 8 nitrogen and oxygen atoms in total. The first-order chi connectivity index (χ1) is 13.0. The SMILES string of the molecule is COc1cccc(C(=O)O[C@H](C)C(=O)NCc2ccc3c(c2)OCO3)c1O. The van der Waals surface area contributed by atoms with Crippen molar-refractivity contribution in [3.8, 4) is 23.0 Å². The molecule has 1 aliphatic rings. The van der Waals surface area contributed by atoms with E-state index in [1.807, 2.05) is 0 Å². The van der Waals surface area contributed by atoms with E-state index in [0.29, 0.717) is 11.5 Å². The van der Waals surface area contributed by atoms with Crippen molar-refractivity contribution >= 4 is 11.9 Å². The van der Waals surface area contributed by atoms with E-state index in [0.717, 1.165) is 5.56 Å². The van der Waals surface area contributed by atoms with Crippen LogP contribution in [-0.2, 0) is 16.1 Å². The summed E-state index contributed by atoms with van der Waals surface area (Å²) in [5, 5.41) is 12.7. The Morgan fingerprint density at radius 1 is 1.22 bits per heavy atom. The third-order valence-electron chi connectivity index (χ3n) is 4.00. The lowest BCUT2D eigenvalue weighted by Crippen LogP contribution is -2.35. The number of fused-ring (bicyclic) bond motifs is 1. The van der Waals surface area contributed by atoms with Crippen molar-refractivity contribution in [2.75, 3.05) is 13.9 Å². The molecule has 3 rings (SSSR count). The molecular weight excluding hydrogens is 354 g/mol. The Labute approximate surface area is 155 Å². The smallest absolute Gasteiger partial charge is 0.342 e. The van der Waals surface area contributed by atoms with Crippen LogP contribution in [0.1, 0.15) is 22.8 Å². The maximum Gasteiger partial charge on any atom is 0.342 e. The molecule has 0 saturated carbocycles. The van der Waals surface area contributed by atoms with Crippen LogP contribution in [-0.4, -0.2) is 37.0 Å². The summed E-state index contributed by atoms with van der Waals surface area (Å²) in [5.41, 5.74) is 0.737. The maximum absolute atomic E-state index is 12.2. The van der Waals surface area contributed by atoms with Crippen LogP contribution < -0.4 is 19.5 Å². The van der Waals surface area contributed by atoms with Gasteiger partial charge in [0.15, 0.2) is 29.1 Å². The number of rotatable bonds is 6. The van der Waals surface area contributed by atoms with E-state index in [4.69, 9.17) is 18.9 Å². The average Bonchev–Trinajstić information content (AvgIpc) is 3.13. The number of carbonyl (C=O) groups is 2. The number of para-hydroxylation sites is 1. The first-order valence-electron chi connectivity index (χ1n) is 8.22. The Bertz CT molecular complexity index is 865. The minimum Gasteiger partial charge on any atom is -0.504 e. The molecule has 0 radical (unpaired) electrons. The van der Waals surface area contributed by atoms with Crippen LogP contribution >= 0.6 is 0 Å². The highest BCUT2D eigenvalue weighted by Gasteiger charge is 2.22. The average molecular weight is 373 g/mol. The number of amides is 1. The van der Waals surface area contributed by atoms with Crippen molar-refractivity contribution in [3.05, 3.63) is 47.5 Å². The molecule has 1 aliphatic heterocycles. The van der Waals surface area contributed by atoms with Gasteiger partial charge in [0.1, 0.15) is 5.56 Å². The largest absolute Gasteiger partial charge is 0.504 e. The van der Waals surface area contributed by atoms with Crippen molar-refractivity contribution in [2.24, 2.45) is 0 Å². The zero-order valence-corrected chi connectivity index (χ0v) is 14.9. The normalized spacial score (nSPS) is 13.0. The van der Waals surface area contributed by atoms with Crippen LogP contribution in [0.15, 0.2) is 36.4 Å². The maximum atomic E-state index is 12.2. The fourth-order valence-electron chi connectivity index (χ4n) is 2.51. The lowest BCUT2D eigenvalue weighted by Gasteiger charge is -2.15. The van der Waals surface area contributed by atoms with E-state index in [2.05, 4.69) is 5.32 Å². The van der Waals surface area contributed by atoms with Gasteiger partial charge in [-0.1, -0.05) is 12.1 Å². The fraction of sp³-hybridized carbons (Fsp3) is 0.263. The molecule has 0 aromatic heterocycles. The number of carbonyl (C=O) groups excluding carboxylic acids is 2. The zero-order chi connectivity index (χ0) is 19.4. The van der Waals surface area contributed by atoms with Crippen LogP contribution in [0, 0.1) is 0 Å². The number of methoxy groups -OCH3 is 1. The van der Waals surface area contributed by atoms with E-state index >= 15 is 0 Å². The lowest BCUT2D eigenvalue weighted by atomic mass is 10.2. The Hall–Kier alpha value is -3.42. The van der Waals surface area contributed by atoms with Gasteiger partial charge in [0.05, 0.1) is 7.11 Å². The molecule has 0 spiro atoms. The van der Waals surface area contributed by atoms with E-state index in [1.54, 1.807) is 24.3 Å². The van der Waals surface area contributed by atoms with Gasteiger partial charge in [0, 0.05) is 6.54 Å². The first kappa shape index (κ1) is 18.4. The van der Waals surface area contributed by atoms with Gasteiger partial charge in [-0.15, -0.1) is 0 Å². The predicted octanol–water partition coefficient (Wildman–Crippen LogP) is 1.99. The summed E-state index contributed by atoms with van der Waals surface area (Å²) in [6, 6.07) is 9.77. The molecule has 0 aliphatic carbocycles. The molecule has 0 fully saturated rings. The van der Waals surface area contributed by atoms with Gasteiger partial charge in [0.25, 0.3) is 5.91 Å². The molecule has 2 N–H and O–H groups in total. The Morgan fingerprint density at radius 3 is 2.78 bits per heavy atom. The highest BCUT2D eigenvalue weighted by Crippen LogP contribution is 2.32. The Kier molecular flexibility index (Phi) is 5.35. The second-order valence-electron chi connectivity index (χ2n) is 5.81. The van der Waals surface area contributed by atoms with E-state index < -0.39 is 18.0 Å². The third kappa shape index (κ3) is 4.05. The number of phenols is 1. The van der Waals surface area contributed by atoms with Crippen molar-refractivity contribution < 1.29 is 33.6 Å². The zero-order valence-electron chi connectivity index (χ0n) is 14.9. The molecule has 0 bridgehead atoms. The Balaban J connectivity index is 1.57. The van der Waals surface area contributed by atoms with Crippen LogP contribution in [0.4, 0.5) is 0 Å². The molecule has 8 heteroatoms. The van der Waals surface area contributed by atoms with Gasteiger partial charge in [0.2, 0.25) is 6.79 Å². The number of hydrogen-bond acceptors (Lipinski definition) is 7. The fourth-order valence-corrected chi connectivity index (χ4v) is 2.51. The summed E-state index contributed by atoms with van der Waals surface area (Å²) in [5.74, 6) is -0.206. The number of esters is 1. The van der Waals surface area contributed by atoms with Gasteiger partial charge < -0.3 is 29.4 Å². The number of hydrogen-bond donors (Lipinski definition) is 2. The lowest BCUT2D eigenvalue weighted by molar-refractivity contribution is -0.129. The van der Waals surface area contributed by atoms with Crippen molar-refractivity contribution in [1.29, 1.82) is 0 Å². The highest BCUT2D eigenvalue weighted by atomic mass is 16.7. The molecule has 0 saturated heterocycles. The first-order valence-corrected chi connectivity index (χ1v) is 8.22. The minimum absolute atomic E-state index is 0.0789. The number of ether oxygens (including phenoxy) is 4. The molecule has 1 atom stereocenters. The topological polar surface area (TPSA) is 103 Å². The summed E-state index contributed by atoms with van der Waals surface area (Å²) >= 11 is 0. The van der Waals surface area contributed by atoms with Gasteiger partial charge in [-0.3, -0.25) is 4.79 Å². The van der Waals surface area contributed by atoms with Gasteiger partial charge in [-0.2, -0.15) is 0 Å².